The lowest BCUT2D eigenvalue weighted by molar-refractivity contribution is -0.105. The zero-order chi connectivity index (χ0) is 14.8. The lowest BCUT2D eigenvalue weighted by Gasteiger charge is -2.18. The number of nitrogens with zero attached hydrogens (tertiary/aromatic N) is 2. The minimum Gasteiger partial charge on any atom is -0.323 e. The van der Waals surface area contributed by atoms with E-state index in [1.54, 1.807) is 0 Å². The van der Waals surface area contributed by atoms with Crippen molar-refractivity contribution >= 4 is 12.1 Å². The third kappa shape index (κ3) is 2.28. The third-order valence-electron chi connectivity index (χ3n) is 4.19. The Labute approximate surface area is 123 Å². The van der Waals surface area contributed by atoms with Crippen LogP contribution in [0.1, 0.15) is 37.4 Å². The Morgan fingerprint density at radius 3 is 2.48 bits per heavy atom. The van der Waals surface area contributed by atoms with Crippen LogP contribution >= 0.6 is 0 Å². The van der Waals surface area contributed by atoms with Crippen molar-refractivity contribution in [2.24, 2.45) is 0 Å². The summed E-state index contributed by atoms with van der Waals surface area (Å²) in [6.45, 7) is 1.87. The lowest BCUT2D eigenvalue weighted by atomic mass is 10.2. The van der Waals surface area contributed by atoms with Crippen molar-refractivity contribution in [3.05, 3.63) is 46.4 Å². The van der Waals surface area contributed by atoms with Gasteiger partial charge in [0.15, 0.2) is 0 Å². The van der Waals surface area contributed by atoms with E-state index in [0.29, 0.717) is 12.1 Å². The molecule has 1 heterocycles. The molecule has 5 nitrogen and oxygen atoms in total. The van der Waals surface area contributed by atoms with Crippen molar-refractivity contribution in [2.45, 2.75) is 38.6 Å². The van der Waals surface area contributed by atoms with E-state index in [4.69, 9.17) is 0 Å². The molecule has 21 heavy (non-hydrogen) atoms. The average molecular weight is 285 g/mol. The first kappa shape index (κ1) is 13.7. The number of carbonyl (C=O) groups is 1. The zero-order valence-corrected chi connectivity index (χ0v) is 12.1. The van der Waals surface area contributed by atoms with Crippen molar-refractivity contribution in [3.63, 3.8) is 0 Å². The van der Waals surface area contributed by atoms with Crippen LogP contribution in [-0.2, 0) is 4.79 Å². The molecule has 1 aliphatic rings. The summed E-state index contributed by atoms with van der Waals surface area (Å²) < 4.78 is 3.74. The van der Waals surface area contributed by atoms with Gasteiger partial charge < -0.3 is 5.32 Å². The molecular weight excluding hydrogens is 266 g/mol. The Morgan fingerprint density at radius 1 is 1.19 bits per heavy atom. The molecule has 0 saturated heterocycles. The molecule has 1 aromatic heterocycles. The molecule has 1 fully saturated rings. The number of hydrogen-bond donors (Lipinski definition) is 1. The van der Waals surface area contributed by atoms with Crippen LogP contribution in [0, 0.1) is 6.92 Å². The van der Waals surface area contributed by atoms with E-state index in [2.05, 4.69) is 5.32 Å². The fourth-order valence-electron chi connectivity index (χ4n) is 3.22. The smallest absolute Gasteiger partial charge is 0.291 e. The number of carbonyl (C=O) groups excluding carboxylic acids is 1. The molecule has 1 amide bonds. The number of nitrogens with one attached hydrogen (secondary N) is 1. The van der Waals surface area contributed by atoms with E-state index in [1.807, 2.05) is 46.6 Å². The monoisotopic (exact) mass is 285 g/mol. The van der Waals surface area contributed by atoms with Crippen LogP contribution in [0.4, 0.5) is 5.69 Å². The van der Waals surface area contributed by atoms with Crippen molar-refractivity contribution in [3.8, 4) is 5.69 Å². The predicted octanol–water partition coefficient (Wildman–Crippen LogP) is 2.63. The maximum Gasteiger partial charge on any atom is 0.291 e. The topological polar surface area (TPSA) is 56.0 Å². The Balaban J connectivity index is 2.23. The minimum absolute atomic E-state index is 0.115. The van der Waals surface area contributed by atoms with Crippen LogP contribution in [0.2, 0.25) is 0 Å². The normalized spacial score (nSPS) is 15.3. The SMILES string of the molecule is Cc1c(NC=O)c(=O)n(C2CCCC2)n1-c1ccccc1. The van der Waals surface area contributed by atoms with Crippen molar-refractivity contribution < 1.29 is 4.79 Å². The molecule has 0 aliphatic heterocycles. The molecule has 2 aromatic rings. The highest BCUT2D eigenvalue weighted by molar-refractivity contribution is 5.72. The van der Waals surface area contributed by atoms with Crippen LogP contribution in [0.15, 0.2) is 35.1 Å². The van der Waals surface area contributed by atoms with E-state index < -0.39 is 0 Å². The third-order valence-corrected chi connectivity index (χ3v) is 4.19. The summed E-state index contributed by atoms with van der Waals surface area (Å²) >= 11 is 0. The van der Waals surface area contributed by atoms with Crippen LogP contribution in [-0.4, -0.2) is 15.8 Å². The van der Waals surface area contributed by atoms with Gasteiger partial charge in [0, 0.05) is 0 Å². The summed E-state index contributed by atoms with van der Waals surface area (Å²) in [5.74, 6) is 0. The fourth-order valence-corrected chi connectivity index (χ4v) is 3.22. The molecule has 1 saturated carbocycles. The maximum atomic E-state index is 12.7. The molecule has 1 N–H and O–H groups in total. The molecule has 5 heteroatoms. The molecule has 1 aliphatic carbocycles. The van der Waals surface area contributed by atoms with E-state index in [0.717, 1.165) is 37.1 Å². The molecular formula is C16H19N3O2. The number of para-hydroxylation sites is 1. The van der Waals surface area contributed by atoms with E-state index >= 15 is 0 Å². The average Bonchev–Trinajstić information content (AvgIpc) is 3.10. The number of anilines is 1. The zero-order valence-electron chi connectivity index (χ0n) is 12.1. The van der Waals surface area contributed by atoms with Crippen molar-refractivity contribution in [2.75, 3.05) is 5.32 Å². The van der Waals surface area contributed by atoms with Crippen molar-refractivity contribution in [1.82, 2.24) is 9.36 Å². The minimum atomic E-state index is -0.115. The standard InChI is InChI=1S/C16H19N3O2/c1-12-15(17-11-20)16(21)19(14-9-5-6-10-14)18(12)13-7-3-2-4-8-13/h2-4,7-8,11,14H,5-6,9-10H2,1H3,(H,17,20). The quantitative estimate of drug-likeness (QED) is 0.878. The number of benzene rings is 1. The molecule has 3 rings (SSSR count). The lowest BCUT2D eigenvalue weighted by Crippen LogP contribution is -2.26. The second kappa shape index (κ2) is 5.60. The Hall–Kier alpha value is -2.30. The number of aromatic nitrogens is 2. The van der Waals surface area contributed by atoms with Gasteiger partial charge in [-0.15, -0.1) is 0 Å². The Kier molecular flexibility index (Phi) is 3.64. The van der Waals surface area contributed by atoms with Gasteiger partial charge in [0.25, 0.3) is 5.56 Å². The van der Waals surface area contributed by atoms with Crippen LogP contribution in [0.25, 0.3) is 5.69 Å². The fraction of sp³-hybridized carbons (Fsp3) is 0.375. The van der Waals surface area contributed by atoms with E-state index in [1.165, 1.54) is 0 Å². The van der Waals surface area contributed by atoms with Gasteiger partial charge >= 0.3 is 0 Å². The summed E-state index contributed by atoms with van der Waals surface area (Å²) in [6.07, 6.45) is 4.88. The van der Waals surface area contributed by atoms with E-state index in [9.17, 15) is 9.59 Å². The van der Waals surface area contributed by atoms with Gasteiger partial charge in [0.1, 0.15) is 5.69 Å². The first-order valence-electron chi connectivity index (χ1n) is 7.33. The highest BCUT2D eigenvalue weighted by Gasteiger charge is 2.26. The summed E-state index contributed by atoms with van der Waals surface area (Å²) in [5, 5.41) is 2.56. The van der Waals surface area contributed by atoms with Gasteiger partial charge in [-0.1, -0.05) is 31.0 Å². The first-order chi connectivity index (χ1) is 10.2. The van der Waals surface area contributed by atoms with Crippen molar-refractivity contribution in [1.29, 1.82) is 0 Å². The van der Waals surface area contributed by atoms with Crippen LogP contribution < -0.4 is 10.9 Å². The largest absolute Gasteiger partial charge is 0.323 e. The highest BCUT2D eigenvalue weighted by Crippen LogP contribution is 2.31. The molecule has 1 aromatic carbocycles. The van der Waals surface area contributed by atoms with Crippen LogP contribution in [0.3, 0.4) is 0 Å². The molecule has 0 bridgehead atoms. The number of hydrogen-bond acceptors (Lipinski definition) is 2. The van der Waals surface area contributed by atoms with Gasteiger partial charge in [-0.2, -0.15) is 0 Å². The van der Waals surface area contributed by atoms with E-state index in [-0.39, 0.29) is 11.6 Å². The van der Waals surface area contributed by atoms with Gasteiger partial charge in [0.2, 0.25) is 6.41 Å². The highest BCUT2D eigenvalue weighted by atomic mass is 16.1. The van der Waals surface area contributed by atoms with Gasteiger partial charge in [-0.25, -0.2) is 4.68 Å². The van der Waals surface area contributed by atoms with Crippen LogP contribution in [0.5, 0.6) is 0 Å². The summed E-state index contributed by atoms with van der Waals surface area (Å²) in [7, 11) is 0. The second-order valence-corrected chi connectivity index (χ2v) is 5.46. The molecule has 0 spiro atoms. The second-order valence-electron chi connectivity index (χ2n) is 5.46. The Bertz CT molecular complexity index is 694. The molecule has 0 atom stereocenters. The maximum absolute atomic E-state index is 12.7. The first-order valence-corrected chi connectivity index (χ1v) is 7.33. The summed E-state index contributed by atoms with van der Waals surface area (Å²) in [4.78, 5) is 23.5. The Morgan fingerprint density at radius 2 is 1.86 bits per heavy atom. The predicted molar refractivity (Wildman–Crippen MR) is 82.0 cm³/mol. The molecule has 0 radical (unpaired) electrons. The van der Waals surface area contributed by atoms with Gasteiger partial charge in [-0.3, -0.25) is 14.3 Å². The molecule has 0 unspecified atom stereocenters. The van der Waals surface area contributed by atoms with Gasteiger partial charge in [-0.05, 0) is 31.9 Å². The van der Waals surface area contributed by atoms with Gasteiger partial charge in [0.05, 0.1) is 17.4 Å². The summed E-state index contributed by atoms with van der Waals surface area (Å²) in [6, 6.07) is 10.0. The number of amides is 1. The molecule has 110 valence electrons. The summed E-state index contributed by atoms with van der Waals surface area (Å²) in [5.41, 5.74) is 1.97. The number of rotatable bonds is 4.